The van der Waals surface area contributed by atoms with Crippen LogP contribution in [0, 0.1) is 11.3 Å². The van der Waals surface area contributed by atoms with E-state index in [1.165, 1.54) is 25.7 Å². The second-order valence-electron chi connectivity index (χ2n) is 9.82. The standard InChI is InChI=1S/C27H34N4O3/c28-25(18-7-6-8-18)24-23(31-15-13-21(14-16-31)34-20-11-4-5-12-20)17-22(27(32)33)30-26(24)29-19-9-2-1-3-10-19/h1-3,9-10,17-18,20-21,28H,4-8,11-16H2,(H,29,30)(H,32,33). The quantitative estimate of drug-likeness (QED) is 0.441. The van der Waals surface area contributed by atoms with Gasteiger partial charge in [0, 0.05) is 30.4 Å². The van der Waals surface area contributed by atoms with Crippen molar-refractivity contribution >= 4 is 28.9 Å². The van der Waals surface area contributed by atoms with Gasteiger partial charge in [-0.05, 0) is 56.7 Å². The molecule has 5 rings (SSSR count). The third-order valence-corrected chi connectivity index (χ3v) is 7.51. The van der Waals surface area contributed by atoms with Crippen LogP contribution in [0.1, 0.15) is 73.8 Å². The Bertz CT molecular complexity index is 1020. The summed E-state index contributed by atoms with van der Waals surface area (Å²) in [5.41, 5.74) is 2.95. The molecule has 0 unspecified atom stereocenters. The molecule has 1 aromatic heterocycles. The van der Waals surface area contributed by atoms with Crippen molar-refractivity contribution < 1.29 is 14.6 Å². The van der Waals surface area contributed by atoms with Crippen molar-refractivity contribution in [3.63, 3.8) is 0 Å². The number of rotatable bonds is 8. The monoisotopic (exact) mass is 462 g/mol. The number of hydrogen-bond acceptors (Lipinski definition) is 6. The Balaban J connectivity index is 1.45. The number of hydrogen-bond donors (Lipinski definition) is 3. The molecule has 0 radical (unpaired) electrons. The lowest BCUT2D eigenvalue weighted by molar-refractivity contribution is -0.0194. The molecule has 1 saturated heterocycles. The van der Waals surface area contributed by atoms with Crippen LogP contribution in [-0.2, 0) is 4.74 Å². The average molecular weight is 463 g/mol. The van der Waals surface area contributed by atoms with Gasteiger partial charge in [0.1, 0.15) is 5.82 Å². The molecule has 7 nitrogen and oxygen atoms in total. The van der Waals surface area contributed by atoms with E-state index >= 15 is 0 Å². The Kier molecular flexibility index (Phi) is 6.81. The molecule has 34 heavy (non-hydrogen) atoms. The molecule has 0 bridgehead atoms. The van der Waals surface area contributed by atoms with Gasteiger partial charge in [-0.15, -0.1) is 0 Å². The van der Waals surface area contributed by atoms with Gasteiger partial charge in [-0.2, -0.15) is 0 Å². The molecule has 0 spiro atoms. The second-order valence-corrected chi connectivity index (χ2v) is 9.82. The summed E-state index contributed by atoms with van der Waals surface area (Å²) in [5, 5.41) is 22.2. The number of benzene rings is 1. The van der Waals surface area contributed by atoms with Crippen LogP contribution in [0.3, 0.4) is 0 Å². The summed E-state index contributed by atoms with van der Waals surface area (Å²) in [7, 11) is 0. The third kappa shape index (κ3) is 4.94. The minimum atomic E-state index is -1.06. The zero-order valence-electron chi connectivity index (χ0n) is 19.6. The van der Waals surface area contributed by atoms with Crippen LogP contribution in [0.25, 0.3) is 0 Å². The summed E-state index contributed by atoms with van der Waals surface area (Å²) in [6.45, 7) is 1.58. The smallest absolute Gasteiger partial charge is 0.354 e. The SMILES string of the molecule is N=C(c1c(N2CCC(OC3CCCC3)CC2)cc(C(=O)O)nc1Nc1ccccc1)C1CCC1. The summed E-state index contributed by atoms with van der Waals surface area (Å²) in [5.74, 6) is -0.392. The van der Waals surface area contributed by atoms with Gasteiger partial charge in [-0.1, -0.05) is 37.5 Å². The number of carbonyl (C=O) groups is 1. The van der Waals surface area contributed by atoms with Crippen LogP contribution in [0.5, 0.6) is 0 Å². The van der Waals surface area contributed by atoms with Gasteiger partial charge in [0.25, 0.3) is 0 Å². The average Bonchev–Trinajstić information content (AvgIpc) is 3.31. The van der Waals surface area contributed by atoms with Crippen LogP contribution in [-0.4, -0.2) is 47.1 Å². The second kappa shape index (κ2) is 10.1. The first kappa shape index (κ1) is 22.8. The lowest BCUT2D eigenvalue weighted by Crippen LogP contribution is -2.39. The fraction of sp³-hybridized carbons (Fsp3) is 0.519. The van der Waals surface area contributed by atoms with E-state index in [4.69, 9.17) is 10.1 Å². The number of pyridine rings is 1. The Morgan fingerprint density at radius 1 is 1.00 bits per heavy atom. The molecule has 1 aromatic carbocycles. The van der Waals surface area contributed by atoms with Gasteiger partial charge in [0.2, 0.25) is 0 Å². The van der Waals surface area contributed by atoms with Crippen molar-refractivity contribution in [1.82, 2.24) is 4.98 Å². The molecule has 3 fully saturated rings. The maximum atomic E-state index is 12.0. The molecule has 7 heteroatoms. The first-order chi connectivity index (χ1) is 16.6. The number of piperidine rings is 1. The molecular formula is C27H34N4O3. The highest BCUT2D eigenvalue weighted by atomic mass is 16.5. The summed E-state index contributed by atoms with van der Waals surface area (Å²) in [6, 6.07) is 11.3. The zero-order valence-corrected chi connectivity index (χ0v) is 19.6. The molecule has 3 aliphatic rings. The lowest BCUT2D eigenvalue weighted by atomic mass is 9.79. The van der Waals surface area contributed by atoms with E-state index in [0.717, 1.165) is 62.1 Å². The number of aromatic carboxylic acids is 1. The summed E-state index contributed by atoms with van der Waals surface area (Å²) in [6.07, 6.45) is 10.5. The Morgan fingerprint density at radius 2 is 1.68 bits per heavy atom. The number of para-hydroxylation sites is 1. The molecule has 2 aliphatic carbocycles. The van der Waals surface area contributed by atoms with E-state index in [9.17, 15) is 9.90 Å². The molecular weight excluding hydrogens is 428 g/mol. The van der Waals surface area contributed by atoms with E-state index in [2.05, 4.69) is 15.2 Å². The van der Waals surface area contributed by atoms with Gasteiger partial charge in [-0.3, -0.25) is 0 Å². The molecule has 1 aliphatic heterocycles. The van der Waals surface area contributed by atoms with E-state index in [0.29, 0.717) is 17.6 Å². The topological polar surface area (TPSA) is 98.5 Å². The normalized spacial score (nSPS) is 19.7. The van der Waals surface area contributed by atoms with E-state index in [-0.39, 0.29) is 17.7 Å². The number of nitrogens with zero attached hydrogens (tertiary/aromatic N) is 2. The molecule has 2 saturated carbocycles. The van der Waals surface area contributed by atoms with E-state index < -0.39 is 5.97 Å². The minimum Gasteiger partial charge on any atom is -0.477 e. The molecule has 2 aromatic rings. The van der Waals surface area contributed by atoms with Crippen molar-refractivity contribution in [2.45, 2.75) is 70.0 Å². The van der Waals surface area contributed by atoms with Gasteiger partial charge in [0.15, 0.2) is 5.69 Å². The van der Waals surface area contributed by atoms with Crippen molar-refractivity contribution in [3.8, 4) is 0 Å². The summed E-state index contributed by atoms with van der Waals surface area (Å²) in [4.78, 5) is 18.7. The molecule has 2 heterocycles. The van der Waals surface area contributed by atoms with Crippen LogP contribution >= 0.6 is 0 Å². The molecule has 180 valence electrons. The fourth-order valence-electron chi connectivity index (χ4n) is 5.34. The maximum absolute atomic E-state index is 12.0. The van der Waals surface area contributed by atoms with Gasteiger partial charge < -0.3 is 25.5 Å². The molecule has 3 N–H and O–H groups in total. The zero-order chi connectivity index (χ0) is 23.5. The summed E-state index contributed by atoms with van der Waals surface area (Å²) >= 11 is 0. The Labute approximate surface area is 201 Å². The van der Waals surface area contributed by atoms with Crippen molar-refractivity contribution in [2.75, 3.05) is 23.3 Å². The number of carboxylic acid groups (broad SMARTS) is 1. The first-order valence-electron chi connectivity index (χ1n) is 12.7. The largest absolute Gasteiger partial charge is 0.477 e. The predicted molar refractivity (Wildman–Crippen MR) is 134 cm³/mol. The maximum Gasteiger partial charge on any atom is 0.354 e. The first-order valence-corrected chi connectivity index (χ1v) is 12.7. The van der Waals surface area contributed by atoms with Crippen molar-refractivity contribution in [1.29, 1.82) is 5.41 Å². The number of aromatic nitrogens is 1. The highest BCUT2D eigenvalue weighted by molar-refractivity contribution is 6.10. The lowest BCUT2D eigenvalue weighted by Gasteiger charge is -2.37. The number of carboxylic acids is 1. The predicted octanol–water partition coefficient (Wildman–Crippen LogP) is 5.62. The number of nitrogens with one attached hydrogen (secondary N) is 2. The Hall–Kier alpha value is -2.93. The van der Waals surface area contributed by atoms with Gasteiger partial charge >= 0.3 is 5.97 Å². The van der Waals surface area contributed by atoms with Crippen molar-refractivity contribution in [2.24, 2.45) is 5.92 Å². The third-order valence-electron chi connectivity index (χ3n) is 7.51. The van der Waals surface area contributed by atoms with Crippen LogP contribution in [0.15, 0.2) is 36.4 Å². The van der Waals surface area contributed by atoms with Crippen molar-refractivity contribution in [3.05, 3.63) is 47.7 Å². The summed E-state index contributed by atoms with van der Waals surface area (Å²) < 4.78 is 6.36. The highest BCUT2D eigenvalue weighted by Crippen LogP contribution is 2.38. The van der Waals surface area contributed by atoms with Crippen LogP contribution in [0.2, 0.25) is 0 Å². The van der Waals surface area contributed by atoms with E-state index in [1.54, 1.807) is 6.07 Å². The fourth-order valence-corrected chi connectivity index (χ4v) is 5.34. The number of ether oxygens (including phenoxy) is 1. The Morgan fingerprint density at radius 3 is 2.29 bits per heavy atom. The molecule has 0 amide bonds. The van der Waals surface area contributed by atoms with Crippen LogP contribution in [0.4, 0.5) is 17.2 Å². The highest BCUT2D eigenvalue weighted by Gasteiger charge is 2.32. The van der Waals surface area contributed by atoms with E-state index in [1.807, 2.05) is 30.3 Å². The number of anilines is 3. The van der Waals surface area contributed by atoms with Crippen LogP contribution < -0.4 is 10.2 Å². The van der Waals surface area contributed by atoms with Gasteiger partial charge in [-0.25, -0.2) is 9.78 Å². The molecule has 0 atom stereocenters. The minimum absolute atomic E-state index is 0.00270. The van der Waals surface area contributed by atoms with Gasteiger partial charge in [0.05, 0.1) is 23.5 Å².